The van der Waals surface area contributed by atoms with Gasteiger partial charge in [-0.2, -0.15) is 10.4 Å². The first-order chi connectivity index (χ1) is 10.0. The fourth-order valence-corrected chi connectivity index (χ4v) is 3.69. The van der Waals surface area contributed by atoms with Gasteiger partial charge in [0.05, 0.1) is 16.2 Å². The molecule has 1 N–H and O–H groups in total. The predicted octanol–water partition coefficient (Wildman–Crippen LogP) is 3.71. The Balaban J connectivity index is 2.04. The molecule has 2 rings (SSSR count). The molecule has 1 aliphatic carbocycles. The van der Waals surface area contributed by atoms with Crippen molar-refractivity contribution >= 4 is 15.9 Å². The molecular weight excluding hydrogens is 328 g/mol. The zero-order valence-corrected chi connectivity index (χ0v) is 14.8. The van der Waals surface area contributed by atoms with Crippen LogP contribution in [0.1, 0.15) is 50.4 Å². The normalized spacial score (nSPS) is 25.2. The van der Waals surface area contributed by atoms with Gasteiger partial charge in [-0.1, -0.05) is 13.3 Å². The van der Waals surface area contributed by atoms with E-state index in [4.69, 9.17) is 0 Å². The largest absolute Gasteiger partial charge is 0.299 e. The molecule has 2 atom stereocenters. The highest BCUT2D eigenvalue weighted by atomic mass is 79.9. The summed E-state index contributed by atoms with van der Waals surface area (Å²) in [5.41, 5.74) is 1.90. The number of hydrogen-bond acceptors (Lipinski definition) is 3. The van der Waals surface area contributed by atoms with Crippen molar-refractivity contribution in [2.45, 2.75) is 65.0 Å². The van der Waals surface area contributed by atoms with Gasteiger partial charge in [0, 0.05) is 12.2 Å². The molecule has 0 bridgehead atoms. The van der Waals surface area contributed by atoms with E-state index in [1.807, 2.05) is 6.92 Å². The quantitative estimate of drug-likeness (QED) is 0.848. The zero-order chi connectivity index (χ0) is 15.5. The van der Waals surface area contributed by atoms with Crippen molar-refractivity contribution in [1.29, 1.82) is 5.26 Å². The van der Waals surface area contributed by atoms with E-state index in [1.54, 1.807) is 0 Å². The summed E-state index contributed by atoms with van der Waals surface area (Å²) in [6.45, 7) is 8.07. The molecule has 1 saturated carbocycles. The van der Waals surface area contributed by atoms with Crippen LogP contribution in [0.4, 0.5) is 0 Å². The van der Waals surface area contributed by atoms with E-state index in [2.05, 4.69) is 50.9 Å². The summed E-state index contributed by atoms with van der Waals surface area (Å²) in [6.07, 6.45) is 5.36. The second kappa shape index (κ2) is 6.93. The summed E-state index contributed by atoms with van der Waals surface area (Å²) >= 11 is 3.58. The van der Waals surface area contributed by atoms with E-state index in [-0.39, 0.29) is 5.54 Å². The average molecular weight is 353 g/mol. The molecule has 0 radical (unpaired) electrons. The number of halogens is 1. The Kier molecular flexibility index (Phi) is 5.45. The van der Waals surface area contributed by atoms with Gasteiger partial charge in [0.2, 0.25) is 0 Å². The number of nitrogens with zero attached hydrogens (tertiary/aromatic N) is 3. The molecule has 4 nitrogen and oxygen atoms in total. The van der Waals surface area contributed by atoms with Crippen molar-refractivity contribution in [1.82, 2.24) is 15.1 Å². The van der Waals surface area contributed by atoms with Crippen LogP contribution in [-0.4, -0.2) is 21.9 Å². The first kappa shape index (κ1) is 16.5. The van der Waals surface area contributed by atoms with Crippen molar-refractivity contribution in [3.05, 3.63) is 15.9 Å². The summed E-state index contributed by atoms with van der Waals surface area (Å²) in [6, 6.07) is 2.58. The minimum absolute atomic E-state index is 0.316. The maximum absolute atomic E-state index is 9.67. The van der Waals surface area contributed by atoms with Crippen molar-refractivity contribution in [3.8, 4) is 6.07 Å². The Morgan fingerprint density at radius 3 is 2.86 bits per heavy atom. The Morgan fingerprint density at radius 1 is 1.52 bits per heavy atom. The molecule has 0 saturated heterocycles. The van der Waals surface area contributed by atoms with Crippen molar-refractivity contribution in [2.75, 3.05) is 6.54 Å². The fraction of sp³-hybridized carbons (Fsp3) is 0.750. The van der Waals surface area contributed by atoms with Crippen LogP contribution in [0.25, 0.3) is 0 Å². The molecule has 0 aliphatic heterocycles. The van der Waals surface area contributed by atoms with Crippen LogP contribution in [0.15, 0.2) is 4.47 Å². The standard InChI is InChI=1S/C16H25BrN4/c1-4-9-19-16(11-18)8-5-6-14(16)7-10-21-13(3)15(17)12(2)20-21/h14,19H,4-10H2,1-3H3. The number of hydrogen-bond donors (Lipinski definition) is 1. The molecule has 1 heterocycles. The van der Waals surface area contributed by atoms with Gasteiger partial charge in [0.15, 0.2) is 0 Å². The second-order valence-corrected chi connectivity index (χ2v) is 6.89. The molecule has 1 fully saturated rings. The first-order valence-electron chi connectivity index (χ1n) is 7.90. The molecule has 2 unspecified atom stereocenters. The number of rotatable bonds is 6. The second-order valence-electron chi connectivity index (χ2n) is 6.10. The van der Waals surface area contributed by atoms with Crippen molar-refractivity contribution in [2.24, 2.45) is 5.92 Å². The van der Waals surface area contributed by atoms with E-state index < -0.39 is 0 Å². The van der Waals surface area contributed by atoms with Crippen LogP contribution in [0.5, 0.6) is 0 Å². The third-order valence-corrected chi connectivity index (χ3v) is 5.84. The highest BCUT2D eigenvalue weighted by Gasteiger charge is 2.42. The Morgan fingerprint density at radius 2 is 2.29 bits per heavy atom. The van der Waals surface area contributed by atoms with E-state index in [0.29, 0.717) is 5.92 Å². The lowest BCUT2D eigenvalue weighted by molar-refractivity contribution is 0.286. The fourth-order valence-electron chi connectivity index (χ4n) is 3.41. The molecule has 0 aromatic carbocycles. The zero-order valence-electron chi connectivity index (χ0n) is 13.2. The van der Waals surface area contributed by atoms with Gasteiger partial charge in [-0.15, -0.1) is 0 Å². The van der Waals surface area contributed by atoms with Crippen LogP contribution in [-0.2, 0) is 6.54 Å². The molecule has 5 heteroatoms. The first-order valence-corrected chi connectivity index (χ1v) is 8.69. The lowest BCUT2D eigenvalue weighted by Gasteiger charge is -2.30. The monoisotopic (exact) mass is 352 g/mol. The lowest BCUT2D eigenvalue weighted by Crippen LogP contribution is -2.47. The maximum atomic E-state index is 9.67. The average Bonchev–Trinajstić information content (AvgIpc) is 3.00. The number of aromatic nitrogens is 2. The minimum atomic E-state index is -0.316. The molecule has 21 heavy (non-hydrogen) atoms. The molecule has 1 aliphatic rings. The number of nitrogens with one attached hydrogen (secondary N) is 1. The molecule has 1 aromatic rings. The van der Waals surface area contributed by atoms with Gasteiger partial charge in [0.25, 0.3) is 0 Å². The predicted molar refractivity (Wildman–Crippen MR) is 88.0 cm³/mol. The molecule has 0 spiro atoms. The highest BCUT2D eigenvalue weighted by Crippen LogP contribution is 2.38. The molecular formula is C16H25BrN4. The van der Waals surface area contributed by atoms with Crippen LogP contribution in [0, 0.1) is 31.1 Å². The molecule has 0 amide bonds. The third-order valence-electron chi connectivity index (χ3n) is 4.69. The van der Waals surface area contributed by atoms with E-state index >= 15 is 0 Å². The maximum Gasteiger partial charge on any atom is 0.109 e. The lowest BCUT2D eigenvalue weighted by atomic mass is 9.85. The van der Waals surface area contributed by atoms with Crippen LogP contribution >= 0.6 is 15.9 Å². The van der Waals surface area contributed by atoms with Gasteiger partial charge in [0.1, 0.15) is 5.54 Å². The van der Waals surface area contributed by atoms with E-state index in [0.717, 1.165) is 55.4 Å². The Bertz CT molecular complexity index is 531. The number of nitriles is 1. The van der Waals surface area contributed by atoms with E-state index in [9.17, 15) is 5.26 Å². The summed E-state index contributed by atoms with van der Waals surface area (Å²) < 4.78 is 3.17. The van der Waals surface area contributed by atoms with Crippen molar-refractivity contribution in [3.63, 3.8) is 0 Å². The highest BCUT2D eigenvalue weighted by molar-refractivity contribution is 9.10. The molecule has 1 aromatic heterocycles. The topological polar surface area (TPSA) is 53.6 Å². The van der Waals surface area contributed by atoms with Gasteiger partial charge < -0.3 is 0 Å². The Hall–Kier alpha value is -0.860. The summed E-state index contributed by atoms with van der Waals surface area (Å²) in [4.78, 5) is 0. The molecule has 116 valence electrons. The van der Waals surface area contributed by atoms with Crippen LogP contribution < -0.4 is 5.32 Å². The number of aryl methyl sites for hydroxylation is 2. The Labute approximate surface area is 136 Å². The summed E-state index contributed by atoms with van der Waals surface area (Å²) in [5.74, 6) is 0.428. The van der Waals surface area contributed by atoms with Crippen LogP contribution in [0.2, 0.25) is 0 Å². The third kappa shape index (κ3) is 3.32. The van der Waals surface area contributed by atoms with Gasteiger partial charge >= 0.3 is 0 Å². The summed E-state index contributed by atoms with van der Waals surface area (Å²) in [7, 11) is 0. The van der Waals surface area contributed by atoms with Crippen LogP contribution in [0.3, 0.4) is 0 Å². The van der Waals surface area contributed by atoms with Crippen molar-refractivity contribution < 1.29 is 0 Å². The smallest absolute Gasteiger partial charge is 0.109 e. The summed E-state index contributed by atoms with van der Waals surface area (Å²) in [5, 5.41) is 17.8. The van der Waals surface area contributed by atoms with E-state index in [1.165, 1.54) is 5.69 Å². The van der Waals surface area contributed by atoms with Gasteiger partial charge in [-0.05, 0) is 67.9 Å². The van der Waals surface area contributed by atoms with Gasteiger partial charge in [-0.3, -0.25) is 10.00 Å². The van der Waals surface area contributed by atoms with Gasteiger partial charge in [-0.25, -0.2) is 0 Å². The SMILES string of the molecule is CCCNC1(C#N)CCCC1CCn1nc(C)c(Br)c1C. The minimum Gasteiger partial charge on any atom is -0.299 e.